The standard InChI is InChI=1S/C73H112O5/c1-3-5-7-9-11-13-15-17-19-21-23-25-27-29-31-32-33-34-35-36-37-38-39-40-42-44-46-48-50-52-54-56-58-60-62-64-66-68-73(76)78-71(69-74)70-77-72(75)67-65-63-61-59-57-55-53-51-49-47-45-43-41-30-28-26-24-22-20-18-16-14-12-10-8-6-4-2/h5-8,11-14,17-20,23-26,29-31,33-34,36-37,39-41,44,46,50,52,56,58,71,74H,3-4,9-10,15-16,21-22,27-28,32,35,38,42-43,45,47-49,51,53-55,57,59-70H2,1-2H3/b7-5-,8-6-,13-11-,14-12-,19-17-,20-18-,25-23-,26-24-,31-29-,34-33-,37-36-,40-39-,41-30-,46-44-,52-50-,58-56-. The first kappa shape index (κ1) is 72.7. The molecule has 1 unspecified atom stereocenters. The number of carbonyl (C=O) groups excluding carboxylic acids is 2. The molecule has 0 amide bonds. The molecular formula is C73H112O5. The summed E-state index contributed by atoms with van der Waals surface area (Å²) in [5.41, 5.74) is 0. The Labute approximate surface area is 479 Å². The minimum absolute atomic E-state index is 0.0942. The van der Waals surface area contributed by atoms with Crippen LogP contribution in [0.2, 0.25) is 0 Å². The van der Waals surface area contributed by atoms with Crippen molar-refractivity contribution in [2.45, 2.75) is 238 Å². The molecule has 0 saturated carbocycles. The molecule has 5 nitrogen and oxygen atoms in total. The number of esters is 2. The molecule has 0 aliphatic carbocycles. The van der Waals surface area contributed by atoms with Gasteiger partial charge in [-0.2, -0.15) is 0 Å². The Morgan fingerprint density at radius 3 is 0.782 bits per heavy atom. The molecule has 0 fully saturated rings. The van der Waals surface area contributed by atoms with Crippen LogP contribution in [0.5, 0.6) is 0 Å². The Morgan fingerprint density at radius 2 is 0.513 bits per heavy atom. The van der Waals surface area contributed by atoms with Crippen LogP contribution in [0.25, 0.3) is 0 Å². The lowest BCUT2D eigenvalue weighted by Gasteiger charge is -2.15. The number of rotatable bonds is 54. The highest BCUT2D eigenvalue weighted by molar-refractivity contribution is 5.70. The van der Waals surface area contributed by atoms with Gasteiger partial charge in [0.05, 0.1) is 6.61 Å². The topological polar surface area (TPSA) is 72.8 Å². The monoisotopic (exact) mass is 1070 g/mol. The van der Waals surface area contributed by atoms with Gasteiger partial charge in [-0.15, -0.1) is 0 Å². The summed E-state index contributed by atoms with van der Waals surface area (Å²) in [5, 5.41) is 9.67. The summed E-state index contributed by atoms with van der Waals surface area (Å²) in [4.78, 5) is 24.6. The summed E-state index contributed by atoms with van der Waals surface area (Å²) in [5.74, 6) is -0.646. The quantitative estimate of drug-likeness (QED) is 0.0373. The van der Waals surface area contributed by atoms with E-state index in [1.165, 1.54) is 57.8 Å². The first-order chi connectivity index (χ1) is 38.6. The predicted octanol–water partition coefficient (Wildman–Crippen LogP) is 21.6. The van der Waals surface area contributed by atoms with Crippen molar-refractivity contribution in [3.63, 3.8) is 0 Å². The zero-order valence-electron chi connectivity index (χ0n) is 49.6. The Balaban J connectivity index is 3.67. The highest BCUT2D eigenvalue weighted by Crippen LogP contribution is 2.14. The molecular weight excluding hydrogens is 957 g/mol. The largest absolute Gasteiger partial charge is 0.462 e. The first-order valence-electron chi connectivity index (χ1n) is 31.0. The third-order valence-corrected chi connectivity index (χ3v) is 12.4. The molecule has 0 heterocycles. The third kappa shape index (κ3) is 63.3. The van der Waals surface area contributed by atoms with E-state index in [9.17, 15) is 14.7 Å². The zero-order chi connectivity index (χ0) is 56.2. The zero-order valence-corrected chi connectivity index (χ0v) is 49.6. The molecule has 0 bridgehead atoms. The van der Waals surface area contributed by atoms with Crippen LogP contribution in [0, 0.1) is 0 Å². The van der Waals surface area contributed by atoms with Crippen LogP contribution >= 0.6 is 0 Å². The van der Waals surface area contributed by atoms with E-state index in [1.807, 2.05) is 0 Å². The Hall–Kier alpha value is -5.26. The average molecular weight is 1070 g/mol. The van der Waals surface area contributed by atoms with Gasteiger partial charge < -0.3 is 14.6 Å². The highest BCUT2D eigenvalue weighted by atomic mass is 16.6. The maximum absolute atomic E-state index is 12.3. The molecule has 0 rings (SSSR count). The average Bonchev–Trinajstić information content (AvgIpc) is 3.44. The smallest absolute Gasteiger partial charge is 0.306 e. The summed E-state index contributed by atoms with van der Waals surface area (Å²) >= 11 is 0. The van der Waals surface area contributed by atoms with Crippen molar-refractivity contribution < 1.29 is 24.2 Å². The fourth-order valence-corrected chi connectivity index (χ4v) is 7.82. The Bertz CT molecular complexity index is 1830. The minimum atomic E-state index is -0.808. The van der Waals surface area contributed by atoms with Crippen LogP contribution in [0.1, 0.15) is 232 Å². The lowest BCUT2D eigenvalue weighted by molar-refractivity contribution is -0.161. The fourth-order valence-electron chi connectivity index (χ4n) is 7.82. The van der Waals surface area contributed by atoms with Gasteiger partial charge in [-0.05, 0) is 141 Å². The van der Waals surface area contributed by atoms with Crippen LogP contribution < -0.4 is 0 Å². The third-order valence-electron chi connectivity index (χ3n) is 12.4. The normalized spacial score (nSPS) is 13.6. The van der Waals surface area contributed by atoms with Gasteiger partial charge in [0.25, 0.3) is 0 Å². The van der Waals surface area contributed by atoms with Crippen LogP contribution in [0.3, 0.4) is 0 Å². The van der Waals surface area contributed by atoms with Crippen LogP contribution in [-0.2, 0) is 19.1 Å². The molecule has 0 aliphatic heterocycles. The lowest BCUT2D eigenvalue weighted by atomic mass is 10.0. The summed E-state index contributed by atoms with van der Waals surface area (Å²) in [7, 11) is 0. The van der Waals surface area contributed by atoms with Crippen molar-refractivity contribution in [2.75, 3.05) is 13.2 Å². The maximum atomic E-state index is 12.3. The van der Waals surface area contributed by atoms with E-state index in [4.69, 9.17) is 9.47 Å². The van der Waals surface area contributed by atoms with Gasteiger partial charge in [-0.25, -0.2) is 0 Å². The fraction of sp³-hybridized carbons (Fsp3) is 0.534. The molecule has 1 N–H and O–H groups in total. The van der Waals surface area contributed by atoms with Crippen molar-refractivity contribution in [3.8, 4) is 0 Å². The number of unbranched alkanes of at least 4 members (excludes halogenated alkanes) is 14. The number of hydrogen-bond acceptors (Lipinski definition) is 5. The molecule has 0 aromatic heterocycles. The second-order valence-electron chi connectivity index (χ2n) is 19.7. The number of carbonyl (C=O) groups is 2. The van der Waals surface area contributed by atoms with Crippen molar-refractivity contribution in [1.82, 2.24) is 0 Å². The van der Waals surface area contributed by atoms with Crippen molar-refractivity contribution >= 4 is 11.9 Å². The van der Waals surface area contributed by atoms with Gasteiger partial charge in [0.1, 0.15) is 6.61 Å². The SMILES string of the molecule is CC/C=C\C/C=C\C/C=C\C/C=C\C/C=C\C/C=C\C/C=C\C/C=C\C/C=C\C/C=C\C/C=C\CCCCCC(=O)OC(CO)COC(=O)CCCCCCCCCCCCC/C=C\C/C=C\C/C=C\C/C=C\C/C=C\CC. The molecule has 5 heteroatoms. The van der Waals surface area contributed by atoms with Gasteiger partial charge in [0, 0.05) is 12.8 Å². The number of allylic oxidation sites excluding steroid dienone is 32. The molecule has 0 radical (unpaired) electrons. The molecule has 1 atom stereocenters. The van der Waals surface area contributed by atoms with Crippen molar-refractivity contribution in [2.24, 2.45) is 0 Å². The van der Waals surface area contributed by atoms with Gasteiger partial charge in [-0.3, -0.25) is 9.59 Å². The van der Waals surface area contributed by atoms with Crippen molar-refractivity contribution in [1.29, 1.82) is 0 Å². The molecule has 78 heavy (non-hydrogen) atoms. The summed E-state index contributed by atoms with van der Waals surface area (Å²) in [6.45, 7) is 3.87. The van der Waals surface area contributed by atoms with Gasteiger partial charge in [-0.1, -0.05) is 272 Å². The van der Waals surface area contributed by atoms with Crippen molar-refractivity contribution in [3.05, 3.63) is 194 Å². The summed E-state index contributed by atoms with van der Waals surface area (Å²) in [6, 6.07) is 0. The lowest BCUT2D eigenvalue weighted by Crippen LogP contribution is -2.28. The van der Waals surface area contributed by atoms with E-state index in [2.05, 4.69) is 208 Å². The molecule has 0 spiro atoms. The van der Waals surface area contributed by atoms with E-state index < -0.39 is 6.10 Å². The number of aliphatic hydroxyl groups excluding tert-OH is 1. The Kier molecular flexibility index (Phi) is 61.6. The second-order valence-corrected chi connectivity index (χ2v) is 19.7. The molecule has 434 valence electrons. The predicted molar refractivity (Wildman–Crippen MR) is 342 cm³/mol. The van der Waals surface area contributed by atoms with E-state index in [-0.39, 0.29) is 25.2 Å². The number of aliphatic hydroxyl groups is 1. The van der Waals surface area contributed by atoms with Crippen LogP contribution in [-0.4, -0.2) is 36.4 Å². The maximum Gasteiger partial charge on any atom is 0.306 e. The van der Waals surface area contributed by atoms with Gasteiger partial charge >= 0.3 is 11.9 Å². The Morgan fingerprint density at radius 1 is 0.295 bits per heavy atom. The van der Waals surface area contributed by atoms with E-state index in [0.29, 0.717) is 12.8 Å². The minimum Gasteiger partial charge on any atom is -0.462 e. The number of ether oxygens (including phenoxy) is 2. The van der Waals surface area contributed by atoms with E-state index >= 15 is 0 Å². The van der Waals surface area contributed by atoms with Crippen LogP contribution in [0.15, 0.2) is 194 Å². The van der Waals surface area contributed by atoms with Gasteiger partial charge in [0.2, 0.25) is 0 Å². The van der Waals surface area contributed by atoms with Crippen LogP contribution in [0.4, 0.5) is 0 Å². The van der Waals surface area contributed by atoms with E-state index in [1.54, 1.807) is 0 Å². The second kappa shape index (κ2) is 66.0. The molecule has 0 aromatic rings. The number of hydrogen-bond donors (Lipinski definition) is 1. The first-order valence-corrected chi connectivity index (χ1v) is 31.0. The molecule has 0 aliphatic rings. The molecule has 0 aromatic carbocycles. The van der Waals surface area contributed by atoms with Gasteiger partial charge in [0.15, 0.2) is 6.10 Å². The summed E-state index contributed by atoms with van der Waals surface area (Å²) < 4.78 is 10.7. The molecule has 0 saturated heterocycles. The highest BCUT2D eigenvalue weighted by Gasteiger charge is 2.16. The summed E-state index contributed by atoms with van der Waals surface area (Å²) in [6.07, 6.45) is 106. The van der Waals surface area contributed by atoms with E-state index in [0.717, 1.165) is 148 Å².